The van der Waals surface area contributed by atoms with Crippen LogP contribution in [0, 0.1) is 0 Å². The Balaban J connectivity index is 3.21. The molecular formula is C10H10F3NO3. The van der Waals surface area contributed by atoms with Gasteiger partial charge in [-0.3, -0.25) is 0 Å². The molecule has 1 aromatic heterocycles. The first-order chi connectivity index (χ1) is 7.90. The average Bonchev–Trinajstić information content (AvgIpc) is 2.62. The van der Waals surface area contributed by atoms with Gasteiger partial charge < -0.3 is 9.15 Å². The third kappa shape index (κ3) is 3.08. The summed E-state index contributed by atoms with van der Waals surface area (Å²) in [6, 6.07) is 0. The number of rotatable bonds is 3. The van der Waals surface area contributed by atoms with Gasteiger partial charge in [0.05, 0.1) is 6.61 Å². The van der Waals surface area contributed by atoms with Crippen molar-refractivity contribution in [3.05, 3.63) is 23.4 Å². The maximum Gasteiger partial charge on any atom is 0.452 e. The normalized spacial score (nSPS) is 12.1. The summed E-state index contributed by atoms with van der Waals surface area (Å²) in [7, 11) is 0. The molecule has 1 aromatic rings. The Bertz CT molecular complexity index is 434. The van der Waals surface area contributed by atoms with Crippen LogP contribution in [-0.4, -0.2) is 17.6 Å². The van der Waals surface area contributed by atoms with E-state index in [4.69, 9.17) is 0 Å². The molecule has 0 spiro atoms. The minimum Gasteiger partial charge on any atom is -0.461 e. The molecule has 0 saturated carbocycles. The van der Waals surface area contributed by atoms with Crippen LogP contribution in [0.4, 0.5) is 13.2 Å². The van der Waals surface area contributed by atoms with Gasteiger partial charge in [0.2, 0.25) is 11.7 Å². The monoisotopic (exact) mass is 249 g/mol. The van der Waals surface area contributed by atoms with Crippen molar-refractivity contribution in [2.45, 2.75) is 20.0 Å². The highest BCUT2D eigenvalue weighted by Gasteiger charge is 2.42. The van der Waals surface area contributed by atoms with E-state index in [1.54, 1.807) is 6.92 Å². The Morgan fingerprint density at radius 2 is 2.18 bits per heavy atom. The van der Waals surface area contributed by atoms with Gasteiger partial charge in [0.1, 0.15) is 0 Å². The fourth-order valence-electron chi connectivity index (χ4n) is 1.08. The second-order valence-corrected chi connectivity index (χ2v) is 2.95. The zero-order valence-corrected chi connectivity index (χ0v) is 9.17. The topological polar surface area (TPSA) is 52.3 Å². The first-order valence-corrected chi connectivity index (χ1v) is 4.78. The van der Waals surface area contributed by atoms with E-state index in [-0.39, 0.29) is 12.5 Å². The molecule has 0 aromatic carbocycles. The largest absolute Gasteiger partial charge is 0.461 e. The number of halogens is 3. The molecule has 17 heavy (non-hydrogen) atoms. The zero-order chi connectivity index (χ0) is 13.1. The quantitative estimate of drug-likeness (QED) is 0.773. The summed E-state index contributed by atoms with van der Waals surface area (Å²) in [4.78, 5) is 14.7. The summed E-state index contributed by atoms with van der Waals surface area (Å²) in [6.07, 6.45) is -2.12. The molecule has 0 aliphatic rings. The number of ether oxygens (including phenoxy) is 1. The molecule has 1 rings (SSSR count). The third-order valence-electron chi connectivity index (χ3n) is 1.68. The van der Waals surface area contributed by atoms with Gasteiger partial charge in [0.15, 0.2) is 5.69 Å². The van der Waals surface area contributed by atoms with Crippen LogP contribution in [-0.2, 0) is 10.9 Å². The van der Waals surface area contributed by atoms with Crippen molar-refractivity contribution >= 4 is 12.0 Å². The van der Waals surface area contributed by atoms with Crippen molar-refractivity contribution in [3.8, 4) is 0 Å². The highest BCUT2D eigenvalue weighted by molar-refractivity contribution is 5.88. The molecule has 0 aliphatic heterocycles. The van der Waals surface area contributed by atoms with E-state index in [0.29, 0.717) is 0 Å². The smallest absolute Gasteiger partial charge is 0.452 e. The number of alkyl halides is 3. The molecule has 0 radical (unpaired) electrons. The maximum absolute atomic E-state index is 12.5. The van der Waals surface area contributed by atoms with E-state index < -0.39 is 23.6 Å². The Morgan fingerprint density at radius 1 is 1.53 bits per heavy atom. The van der Waals surface area contributed by atoms with Gasteiger partial charge in [-0.1, -0.05) is 6.08 Å². The summed E-state index contributed by atoms with van der Waals surface area (Å²) >= 11 is 0. The summed E-state index contributed by atoms with van der Waals surface area (Å²) < 4.78 is 46.5. The molecule has 0 amide bonds. The number of hydrogen-bond acceptors (Lipinski definition) is 4. The van der Waals surface area contributed by atoms with Crippen LogP contribution in [0.3, 0.4) is 0 Å². The lowest BCUT2D eigenvalue weighted by Crippen LogP contribution is -2.13. The van der Waals surface area contributed by atoms with E-state index in [2.05, 4.69) is 14.1 Å². The summed E-state index contributed by atoms with van der Waals surface area (Å²) in [6.45, 7) is 3.03. The Hall–Kier alpha value is -1.79. The van der Waals surface area contributed by atoms with Gasteiger partial charge in [0.25, 0.3) is 0 Å². The number of aromatic nitrogens is 1. The summed E-state index contributed by atoms with van der Waals surface area (Å²) in [5, 5.41) is 0. The van der Waals surface area contributed by atoms with E-state index in [9.17, 15) is 18.0 Å². The number of hydrogen-bond donors (Lipinski definition) is 0. The fraction of sp³-hybridized carbons (Fsp3) is 0.400. The Labute approximate surface area is 95.1 Å². The zero-order valence-electron chi connectivity index (χ0n) is 9.17. The van der Waals surface area contributed by atoms with Crippen LogP contribution in [0.25, 0.3) is 6.08 Å². The van der Waals surface area contributed by atoms with Crippen LogP contribution in [0.15, 0.2) is 10.5 Å². The van der Waals surface area contributed by atoms with E-state index in [1.807, 2.05) is 0 Å². The SMILES string of the molecule is C/C=C\c1nc(C(=O)OCC)c(C(F)(F)F)o1. The van der Waals surface area contributed by atoms with Gasteiger partial charge in [0, 0.05) is 0 Å². The molecule has 0 N–H and O–H groups in total. The molecule has 0 saturated heterocycles. The minimum absolute atomic E-state index is 0.0397. The van der Waals surface area contributed by atoms with E-state index >= 15 is 0 Å². The van der Waals surface area contributed by atoms with Crippen molar-refractivity contribution in [1.82, 2.24) is 4.98 Å². The van der Waals surface area contributed by atoms with Gasteiger partial charge in [-0.25, -0.2) is 9.78 Å². The molecule has 94 valence electrons. The van der Waals surface area contributed by atoms with Crippen molar-refractivity contribution in [3.63, 3.8) is 0 Å². The van der Waals surface area contributed by atoms with Crippen molar-refractivity contribution in [2.24, 2.45) is 0 Å². The number of oxazole rings is 1. The van der Waals surface area contributed by atoms with Gasteiger partial charge in [-0.05, 0) is 19.9 Å². The molecule has 0 fully saturated rings. The standard InChI is InChI=1S/C10H10F3NO3/c1-3-5-6-14-7(9(15)16-4-2)8(17-6)10(11,12)13/h3,5H,4H2,1-2H3/b5-3-. The van der Waals surface area contributed by atoms with Crippen molar-refractivity contribution < 1.29 is 27.1 Å². The van der Waals surface area contributed by atoms with Crippen LogP contribution in [0.1, 0.15) is 36.0 Å². The van der Waals surface area contributed by atoms with Crippen LogP contribution >= 0.6 is 0 Å². The molecular weight excluding hydrogens is 239 g/mol. The highest BCUT2D eigenvalue weighted by atomic mass is 19.4. The van der Waals surface area contributed by atoms with Gasteiger partial charge >= 0.3 is 12.1 Å². The van der Waals surface area contributed by atoms with Crippen LogP contribution < -0.4 is 0 Å². The lowest BCUT2D eigenvalue weighted by molar-refractivity contribution is -0.153. The van der Waals surface area contributed by atoms with Gasteiger partial charge in [-0.2, -0.15) is 13.2 Å². The fourth-order valence-corrected chi connectivity index (χ4v) is 1.08. The van der Waals surface area contributed by atoms with E-state index in [0.717, 1.165) is 0 Å². The average molecular weight is 249 g/mol. The van der Waals surface area contributed by atoms with Gasteiger partial charge in [-0.15, -0.1) is 0 Å². The molecule has 0 unspecified atom stereocenters. The van der Waals surface area contributed by atoms with Crippen LogP contribution in [0.5, 0.6) is 0 Å². The number of carbonyl (C=O) groups is 1. The number of nitrogens with zero attached hydrogens (tertiary/aromatic N) is 1. The van der Waals surface area contributed by atoms with E-state index in [1.165, 1.54) is 19.1 Å². The lowest BCUT2D eigenvalue weighted by Gasteiger charge is -2.03. The maximum atomic E-state index is 12.5. The number of allylic oxidation sites excluding steroid dienone is 1. The second kappa shape index (κ2) is 5.03. The highest BCUT2D eigenvalue weighted by Crippen LogP contribution is 2.33. The third-order valence-corrected chi connectivity index (χ3v) is 1.68. The summed E-state index contributed by atoms with van der Waals surface area (Å²) in [5.41, 5.74) is -0.854. The number of carbonyl (C=O) groups excluding carboxylic acids is 1. The lowest BCUT2D eigenvalue weighted by atomic mass is 10.3. The number of esters is 1. The Morgan fingerprint density at radius 3 is 2.65 bits per heavy atom. The molecule has 0 bridgehead atoms. The first-order valence-electron chi connectivity index (χ1n) is 4.78. The predicted molar refractivity (Wildman–Crippen MR) is 52.2 cm³/mol. The van der Waals surface area contributed by atoms with Crippen LogP contribution in [0.2, 0.25) is 0 Å². The second-order valence-electron chi connectivity index (χ2n) is 2.95. The van der Waals surface area contributed by atoms with Crippen molar-refractivity contribution in [2.75, 3.05) is 6.61 Å². The Kier molecular flexibility index (Phi) is 3.93. The molecule has 1 heterocycles. The molecule has 0 atom stereocenters. The molecule has 7 heteroatoms. The summed E-state index contributed by atoms with van der Waals surface area (Å²) in [5.74, 6) is -2.88. The molecule has 0 aliphatic carbocycles. The predicted octanol–water partition coefficient (Wildman–Crippen LogP) is 2.90. The minimum atomic E-state index is -4.78. The van der Waals surface area contributed by atoms with Crippen molar-refractivity contribution in [1.29, 1.82) is 0 Å². The molecule has 4 nitrogen and oxygen atoms in total. The first kappa shape index (κ1) is 13.3.